The Morgan fingerprint density at radius 3 is 2.39 bits per heavy atom. The number of carbonyl (C=O) groups excluding carboxylic acids is 1. The molecule has 0 aromatic heterocycles. The smallest absolute Gasteiger partial charge is 0.223 e. The van der Waals surface area contributed by atoms with E-state index in [9.17, 15) is 13.2 Å². The lowest BCUT2D eigenvalue weighted by Gasteiger charge is -2.27. The zero-order chi connectivity index (χ0) is 16.3. The maximum atomic E-state index is 12.3. The highest BCUT2D eigenvalue weighted by Crippen LogP contribution is 2.24. The monoisotopic (exact) mass is 360 g/mol. The molecule has 3 atom stereocenters. The third-order valence-corrected chi connectivity index (χ3v) is 5.38. The SMILES string of the molecule is CC(NC(=O)C1CCCC(N)C1)c1ccc(S(C)(=O)=O)cc1.Cl. The molecule has 0 heterocycles. The van der Waals surface area contributed by atoms with Crippen molar-refractivity contribution >= 4 is 28.2 Å². The predicted octanol–water partition coefficient (Wildman–Crippen LogP) is 2.21. The molecule has 2 rings (SSSR count). The normalized spacial score (nSPS) is 22.7. The van der Waals surface area contributed by atoms with Crippen LogP contribution < -0.4 is 11.1 Å². The van der Waals surface area contributed by atoms with E-state index in [2.05, 4.69) is 5.32 Å². The zero-order valence-corrected chi connectivity index (χ0v) is 15.1. The largest absolute Gasteiger partial charge is 0.349 e. The Hall–Kier alpha value is -1.11. The van der Waals surface area contributed by atoms with Gasteiger partial charge in [-0.1, -0.05) is 18.6 Å². The summed E-state index contributed by atoms with van der Waals surface area (Å²) in [5.41, 5.74) is 6.82. The number of nitrogens with one attached hydrogen (secondary N) is 1. The van der Waals surface area contributed by atoms with Gasteiger partial charge in [-0.05, 0) is 43.9 Å². The third-order valence-electron chi connectivity index (χ3n) is 4.25. The standard InChI is InChI=1S/C16H24N2O3S.ClH/c1-11(12-6-8-15(9-7-12)22(2,20)21)18-16(19)13-4-3-5-14(17)10-13;/h6-9,11,13-14H,3-5,10,17H2,1-2H3,(H,18,19);1H. The zero-order valence-electron chi connectivity index (χ0n) is 13.5. The van der Waals surface area contributed by atoms with Crippen molar-refractivity contribution in [3.63, 3.8) is 0 Å². The lowest BCUT2D eigenvalue weighted by atomic mass is 9.85. The number of hydrogen-bond acceptors (Lipinski definition) is 4. The topological polar surface area (TPSA) is 89.3 Å². The summed E-state index contributed by atoms with van der Waals surface area (Å²) < 4.78 is 22.9. The summed E-state index contributed by atoms with van der Waals surface area (Å²) in [7, 11) is -3.19. The van der Waals surface area contributed by atoms with Crippen LogP contribution in [-0.2, 0) is 14.6 Å². The Morgan fingerprint density at radius 1 is 1.26 bits per heavy atom. The lowest BCUT2D eigenvalue weighted by molar-refractivity contribution is -0.126. The van der Waals surface area contributed by atoms with E-state index in [1.54, 1.807) is 24.3 Å². The molecule has 1 aliphatic rings. The molecule has 0 spiro atoms. The van der Waals surface area contributed by atoms with Gasteiger partial charge >= 0.3 is 0 Å². The van der Waals surface area contributed by atoms with Crippen LogP contribution in [0.1, 0.15) is 44.2 Å². The van der Waals surface area contributed by atoms with E-state index >= 15 is 0 Å². The first-order valence-electron chi connectivity index (χ1n) is 7.63. The van der Waals surface area contributed by atoms with Crippen LogP contribution >= 0.6 is 12.4 Å². The van der Waals surface area contributed by atoms with Crippen molar-refractivity contribution in [3.05, 3.63) is 29.8 Å². The Bertz CT molecular complexity index is 631. The molecular formula is C16H25ClN2O3S. The van der Waals surface area contributed by atoms with Crippen LogP contribution in [0.25, 0.3) is 0 Å². The van der Waals surface area contributed by atoms with Crippen LogP contribution in [-0.4, -0.2) is 26.6 Å². The first-order chi connectivity index (χ1) is 10.3. The van der Waals surface area contributed by atoms with Crippen molar-refractivity contribution in [2.75, 3.05) is 6.26 Å². The molecule has 0 aliphatic heterocycles. The van der Waals surface area contributed by atoms with Crippen LogP contribution in [0.3, 0.4) is 0 Å². The molecule has 7 heteroatoms. The van der Waals surface area contributed by atoms with E-state index in [0.717, 1.165) is 31.2 Å². The summed E-state index contributed by atoms with van der Waals surface area (Å²) in [6.45, 7) is 1.90. The van der Waals surface area contributed by atoms with Crippen molar-refractivity contribution < 1.29 is 13.2 Å². The van der Waals surface area contributed by atoms with E-state index in [1.807, 2.05) is 6.92 Å². The number of sulfone groups is 1. The summed E-state index contributed by atoms with van der Waals surface area (Å²) in [4.78, 5) is 12.6. The Balaban J connectivity index is 0.00000264. The van der Waals surface area contributed by atoms with Crippen molar-refractivity contribution in [3.8, 4) is 0 Å². The number of hydrogen-bond donors (Lipinski definition) is 2. The van der Waals surface area contributed by atoms with Crippen LogP contribution in [0, 0.1) is 5.92 Å². The molecule has 0 bridgehead atoms. The maximum absolute atomic E-state index is 12.3. The van der Waals surface area contributed by atoms with Gasteiger partial charge in [0.05, 0.1) is 10.9 Å². The molecule has 130 valence electrons. The van der Waals surface area contributed by atoms with Gasteiger partial charge in [0.1, 0.15) is 0 Å². The molecule has 5 nitrogen and oxygen atoms in total. The molecule has 1 amide bonds. The molecule has 1 aromatic rings. The van der Waals surface area contributed by atoms with Crippen LogP contribution in [0.5, 0.6) is 0 Å². The molecular weight excluding hydrogens is 336 g/mol. The average molecular weight is 361 g/mol. The maximum Gasteiger partial charge on any atom is 0.223 e. The minimum absolute atomic E-state index is 0. The molecule has 3 N–H and O–H groups in total. The van der Waals surface area contributed by atoms with Gasteiger partial charge in [-0.25, -0.2) is 8.42 Å². The number of benzene rings is 1. The highest BCUT2D eigenvalue weighted by Gasteiger charge is 2.26. The second-order valence-corrected chi connectivity index (χ2v) is 8.21. The summed E-state index contributed by atoms with van der Waals surface area (Å²) in [6.07, 6.45) is 4.80. The number of carbonyl (C=O) groups is 1. The molecule has 23 heavy (non-hydrogen) atoms. The van der Waals surface area contributed by atoms with E-state index in [-0.39, 0.29) is 41.2 Å². The Labute approximate surface area is 144 Å². The van der Waals surface area contributed by atoms with Crippen molar-refractivity contribution in [1.29, 1.82) is 0 Å². The number of rotatable bonds is 4. The van der Waals surface area contributed by atoms with Gasteiger partial charge in [-0.3, -0.25) is 4.79 Å². The van der Waals surface area contributed by atoms with Gasteiger partial charge in [0.2, 0.25) is 5.91 Å². The molecule has 1 aliphatic carbocycles. The van der Waals surface area contributed by atoms with Crippen LogP contribution in [0.15, 0.2) is 29.2 Å². The van der Waals surface area contributed by atoms with Crippen LogP contribution in [0.4, 0.5) is 0 Å². The van der Waals surface area contributed by atoms with Gasteiger partial charge in [-0.2, -0.15) is 0 Å². The van der Waals surface area contributed by atoms with Crippen LogP contribution in [0.2, 0.25) is 0 Å². The molecule has 1 saturated carbocycles. The van der Waals surface area contributed by atoms with Gasteiger partial charge in [0.15, 0.2) is 9.84 Å². The minimum Gasteiger partial charge on any atom is -0.349 e. The summed E-state index contributed by atoms with van der Waals surface area (Å²) >= 11 is 0. The molecule has 1 fully saturated rings. The van der Waals surface area contributed by atoms with Gasteiger partial charge in [0, 0.05) is 18.2 Å². The van der Waals surface area contributed by atoms with Gasteiger partial charge < -0.3 is 11.1 Å². The lowest BCUT2D eigenvalue weighted by Crippen LogP contribution is -2.38. The fraction of sp³-hybridized carbons (Fsp3) is 0.562. The van der Waals surface area contributed by atoms with E-state index in [4.69, 9.17) is 5.73 Å². The fourth-order valence-electron chi connectivity index (χ4n) is 2.88. The second kappa shape index (κ2) is 8.13. The second-order valence-electron chi connectivity index (χ2n) is 6.20. The highest BCUT2D eigenvalue weighted by molar-refractivity contribution is 7.90. The Morgan fingerprint density at radius 2 is 1.87 bits per heavy atom. The first kappa shape index (κ1) is 19.9. The van der Waals surface area contributed by atoms with E-state index < -0.39 is 9.84 Å². The minimum atomic E-state index is -3.19. The number of nitrogens with two attached hydrogens (primary N) is 1. The van der Waals surface area contributed by atoms with Crippen molar-refractivity contribution in [2.45, 2.75) is 49.6 Å². The molecule has 0 radical (unpaired) electrons. The molecule has 1 aromatic carbocycles. The summed E-state index contributed by atoms with van der Waals surface area (Å²) in [6, 6.07) is 6.60. The quantitative estimate of drug-likeness (QED) is 0.861. The van der Waals surface area contributed by atoms with E-state index in [1.165, 1.54) is 6.26 Å². The first-order valence-corrected chi connectivity index (χ1v) is 9.52. The predicted molar refractivity (Wildman–Crippen MR) is 93.3 cm³/mol. The third kappa shape index (κ3) is 5.48. The fourth-order valence-corrected chi connectivity index (χ4v) is 3.51. The van der Waals surface area contributed by atoms with Crippen molar-refractivity contribution in [2.24, 2.45) is 11.7 Å². The molecule has 0 saturated heterocycles. The van der Waals surface area contributed by atoms with E-state index in [0.29, 0.717) is 0 Å². The average Bonchev–Trinajstić information content (AvgIpc) is 2.46. The summed E-state index contributed by atoms with van der Waals surface area (Å²) in [5, 5.41) is 3.00. The van der Waals surface area contributed by atoms with Gasteiger partial charge in [0.25, 0.3) is 0 Å². The molecule has 3 unspecified atom stereocenters. The Kier molecular flexibility index (Phi) is 7.04. The summed E-state index contributed by atoms with van der Waals surface area (Å²) in [5.74, 6) is 0.0244. The van der Waals surface area contributed by atoms with Crippen molar-refractivity contribution in [1.82, 2.24) is 5.32 Å². The van der Waals surface area contributed by atoms with Gasteiger partial charge in [-0.15, -0.1) is 12.4 Å². The number of halogens is 1. The number of amides is 1. The highest BCUT2D eigenvalue weighted by atomic mass is 35.5.